The molecule has 16 N–H and O–H groups in total. The van der Waals surface area contributed by atoms with Crippen molar-refractivity contribution in [3.63, 3.8) is 0 Å². The van der Waals surface area contributed by atoms with Crippen LogP contribution in [-0.4, -0.2) is 173 Å². The molecule has 0 aromatic heterocycles. The van der Waals surface area contributed by atoms with Crippen LogP contribution in [0.25, 0.3) is 0 Å². The molecule has 0 aliphatic carbocycles. The molecule has 8 amide bonds. The van der Waals surface area contributed by atoms with Crippen molar-refractivity contribution in [1.82, 2.24) is 42.5 Å². The van der Waals surface area contributed by atoms with Gasteiger partial charge in [-0.05, 0) is 0 Å². The van der Waals surface area contributed by atoms with E-state index in [1.807, 2.05) is 31.9 Å². The molecular weight excluding hydrogens is 642 g/mol. The van der Waals surface area contributed by atoms with Crippen molar-refractivity contribution in [2.24, 2.45) is 5.73 Å². The third kappa shape index (κ3) is 16.2. The summed E-state index contributed by atoms with van der Waals surface area (Å²) in [7, 11) is 0. The van der Waals surface area contributed by atoms with Gasteiger partial charge in [0.2, 0.25) is 47.3 Å². The zero-order chi connectivity index (χ0) is 36.1. The number of nitrogens with two attached hydrogens (primary N) is 1. The van der Waals surface area contributed by atoms with Crippen molar-refractivity contribution in [2.75, 3.05) is 59.2 Å². The highest BCUT2D eigenvalue weighted by molar-refractivity contribution is 5.96. The molecule has 24 nitrogen and oxygen atoms in total. The number of amides is 8. The smallest absolute Gasteiger partial charge is 0.322 e. The highest BCUT2D eigenvalue weighted by Gasteiger charge is 2.31. The monoisotopic (exact) mass is 681 g/mol. The standard InChI is InChI=1S/C23H39N9O15/c24-1-15(38)28-12(7-35)21(45)31-14(9-37)23(47)32-13(8-36)22(46)30-11(6-34)20(44)26-2-16(39)25-3-17(40)29-10(5-33)19(43)27-4-18(41)42/h10-14,33-37H,1-9,24H2,(H,25,39)(H,26,44)(H,27,43)(H,28,38)(H,29,40)(H,30,46)(H,31,45)(H,32,47)(H,41,42)/t10-,11-,12-,13-,14-/m0/s1. The van der Waals surface area contributed by atoms with E-state index in [-0.39, 0.29) is 0 Å². The number of rotatable bonds is 22. The predicted molar refractivity (Wildman–Crippen MR) is 151 cm³/mol. The van der Waals surface area contributed by atoms with Gasteiger partial charge in [-0.1, -0.05) is 0 Å². The highest BCUT2D eigenvalue weighted by Crippen LogP contribution is 1.94. The molecule has 0 radical (unpaired) electrons. The number of nitrogens with one attached hydrogen (secondary N) is 8. The fraction of sp³-hybridized carbons (Fsp3) is 0.609. The van der Waals surface area contributed by atoms with Gasteiger partial charge in [-0.25, -0.2) is 0 Å². The first-order valence-corrected chi connectivity index (χ1v) is 13.5. The molecule has 5 atom stereocenters. The molecule has 0 fully saturated rings. The number of aliphatic hydroxyl groups excluding tert-OH is 5. The first-order valence-electron chi connectivity index (χ1n) is 13.5. The second-order valence-electron chi connectivity index (χ2n) is 9.15. The Labute approximate surface area is 265 Å². The average Bonchev–Trinajstić information content (AvgIpc) is 3.05. The lowest BCUT2D eigenvalue weighted by atomic mass is 10.2. The second-order valence-corrected chi connectivity index (χ2v) is 9.15. The Morgan fingerprint density at radius 3 is 1.13 bits per heavy atom. The van der Waals surface area contributed by atoms with Gasteiger partial charge >= 0.3 is 5.97 Å². The van der Waals surface area contributed by atoms with E-state index in [1.165, 1.54) is 0 Å². The second kappa shape index (κ2) is 22.5. The summed E-state index contributed by atoms with van der Waals surface area (Å²) in [4.78, 5) is 107. The van der Waals surface area contributed by atoms with Gasteiger partial charge in [0.1, 0.15) is 36.8 Å². The summed E-state index contributed by atoms with van der Waals surface area (Å²) in [6.07, 6.45) is 0. The Morgan fingerprint density at radius 1 is 0.426 bits per heavy atom. The average molecular weight is 682 g/mol. The number of carboxylic acids is 1. The number of aliphatic hydroxyl groups is 5. The van der Waals surface area contributed by atoms with Crippen molar-refractivity contribution >= 4 is 53.2 Å². The predicted octanol–water partition coefficient (Wildman–Crippen LogP) is -11.2. The fourth-order valence-corrected chi connectivity index (χ4v) is 3.10. The van der Waals surface area contributed by atoms with Crippen molar-refractivity contribution in [3.8, 4) is 0 Å². The summed E-state index contributed by atoms with van der Waals surface area (Å²) < 4.78 is 0. The topological polar surface area (TPSA) is 397 Å². The molecule has 0 rings (SSSR count). The third-order valence-electron chi connectivity index (χ3n) is 5.58. The number of aliphatic carboxylic acids is 1. The Morgan fingerprint density at radius 2 is 0.745 bits per heavy atom. The van der Waals surface area contributed by atoms with Crippen LogP contribution in [0.1, 0.15) is 0 Å². The summed E-state index contributed by atoms with van der Waals surface area (Å²) in [5, 5.41) is 71.7. The number of carbonyl (C=O) groups excluding carboxylic acids is 8. The number of carboxylic acid groups (broad SMARTS) is 1. The molecule has 0 unspecified atom stereocenters. The van der Waals surface area contributed by atoms with Crippen LogP contribution in [0.2, 0.25) is 0 Å². The lowest BCUT2D eigenvalue weighted by Gasteiger charge is -2.24. The van der Waals surface area contributed by atoms with Crippen LogP contribution in [0.3, 0.4) is 0 Å². The van der Waals surface area contributed by atoms with Gasteiger partial charge in [-0.15, -0.1) is 0 Å². The molecular formula is C23H39N9O15. The van der Waals surface area contributed by atoms with Gasteiger partial charge in [0.15, 0.2) is 0 Å². The molecule has 0 aromatic rings. The van der Waals surface area contributed by atoms with Crippen LogP contribution in [0.5, 0.6) is 0 Å². The number of hydrogen-bond donors (Lipinski definition) is 15. The summed E-state index contributed by atoms with van der Waals surface area (Å²) >= 11 is 0. The molecule has 47 heavy (non-hydrogen) atoms. The van der Waals surface area contributed by atoms with E-state index in [9.17, 15) is 68.7 Å². The molecule has 0 bridgehead atoms. The van der Waals surface area contributed by atoms with Crippen LogP contribution in [-0.2, 0) is 43.2 Å². The SMILES string of the molecule is NCC(=O)N[C@@H](CO)C(=O)N[C@@H](CO)C(=O)N[C@@H](CO)C(=O)N[C@@H](CO)C(=O)NCC(=O)NCC(=O)N[C@@H](CO)C(=O)NCC(=O)O. The van der Waals surface area contributed by atoms with Gasteiger partial charge in [-0.3, -0.25) is 43.2 Å². The maximum atomic E-state index is 12.6. The van der Waals surface area contributed by atoms with Gasteiger partial charge < -0.3 is 78.9 Å². The number of carbonyl (C=O) groups is 9. The lowest BCUT2D eigenvalue weighted by Crippen LogP contribution is -2.61. The normalized spacial score (nSPS) is 13.7. The first kappa shape index (κ1) is 42.0. The Bertz CT molecular complexity index is 1140. The minimum absolute atomic E-state index is 0.519. The Kier molecular flexibility index (Phi) is 20.1. The lowest BCUT2D eigenvalue weighted by molar-refractivity contribution is -0.138. The quantitative estimate of drug-likeness (QED) is 0.0504. The van der Waals surface area contributed by atoms with Crippen LogP contribution >= 0.6 is 0 Å². The molecule has 0 aliphatic heterocycles. The van der Waals surface area contributed by atoms with Crippen molar-refractivity contribution in [2.45, 2.75) is 30.2 Å². The summed E-state index contributed by atoms with van der Waals surface area (Å²) in [6.45, 7) is -7.76. The molecule has 24 heteroatoms. The minimum atomic E-state index is -1.79. The maximum absolute atomic E-state index is 12.6. The van der Waals surface area contributed by atoms with E-state index in [0.717, 1.165) is 0 Å². The number of hydrogen-bond acceptors (Lipinski definition) is 15. The van der Waals surface area contributed by atoms with E-state index < -0.39 is 143 Å². The molecule has 0 aliphatic rings. The first-order chi connectivity index (χ1) is 22.2. The van der Waals surface area contributed by atoms with Gasteiger partial charge in [0, 0.05) is 0 Å². The van der Waals surface area contributed by atoms with E-state index in [2.05, 4.69) is 10.6 Å². The van der Waals surface area contributed by atoms with Gasteiger partial charge in [-0.2, -0.15) is 0 Å². The largest absolute Gasteiger partial charge is 0.480 e. The Balaban J connectivity index is 4.96. The molecule has 266 valence electrons. The van der Waals surface area contributed by atoms with Crippen LogP contribution in [0, 0.1) is 0 Å². The fourth-order valence-electron chi connectivity index (χ4n) is 3.10. The molecule has 0 aromatic carbocycles. The Hall–Kier alpha value is -5.01. The van der Waals surface area contributed by atoms with E-state index >= 15 is 0 Å². The maximum Gasteiger partial charge on any atom is 0.322 e. The molecule has 0 saturated heterocycles. The molecule has 0 spiro atoms. The summed E-state index contributed by atoms with van der Waals surface area (Å²) in [5.41, 5.74) is 5.11. The van der Waals surface area contributed by atoms with Crippen LogP contribution in [0.15, 0.2) is 0 Å². The van der Waals surface area contributed by atoms with Crippen LogP contribution < -0.4 is 48.3 Å². The van der Waals surface area contributed by atoms with E-state index in [1.54, 1.807) is 0 Å². The molecule has 0 saturated carbocycles. The minimum Gasteiger partial charge on any atom is -0.480 e. The summed E-state index contributed by atoms with van der Waals surface area (Å²) in [6, 6.07) is -8.34. The summed E-state index contributed by atoms with van der Waals surface area (Å²) in [5.74, 6) is -9.81. The van der Waals surface area contributed by atoms with E-state index in [0.29, 0.717) is 0 Å². The molecule has 0 heterocycles. The van der Waals surface area contributed by atoms with Crippen molar-refractivity contribution < 1.29 is 73.8 Å². The zero-order valence-corrected chi connectivity index (χ0v) is 24.7. The third-order valence-corrected chi connectivity index (χ3v) is 5.58. The van der Waals surface area contributed by atoms with Gasteiger partial charge in [0.25, 0.3) is 0 Å². The van der Waals surface area contributed by atoms with Crippen LogP contribution in [0.4, 0.5) is 0 Å². The van der Waals surface area contributed by atoms with E-state index in [4.69, 9.17) is 10.8 Å². The highest BCUT2D eigenvalue weighted by atomic mass is 16.4. The van der Waals surface area contributed by atoms with Crippen molar-refractivity contribution in [1.29, 1.82) is 0 Å². The van der Waals surface area contributed by atoms with Gasteiger partial charge in [0.05, 0.1) is 52.7 Å². The zero-order valence-electron chi connectivity index (χ0n) is 24.7. The van der Waals surface area contributed by atoms with Crippen molar-refractivity contribution in [3.05, 3.63) is 0 Å².